The lowest BCUT2D eigenvalue weighted by Crippen LogP contribution is -2.30. The van der Waals surface area contributed by atoms with Gasteiger partial charge in [0.05, 0.1) is 10.2 Å². The predicted molar refractivity (Wildman–Crippen MR) is 102 cm³/mol. The lowest BCUT2D eigenvalue weighted by molar-refractivity contribution is -0.122. The van der Waals surface area contributed by atoms with Gasteiger partial charge in [0.1, 0.15) is 5.75 Å². The fraction of sp³-hybridized carbons (Fsp3) is 0.222. The smallest absolute Gasteiger partial charge is 0.266 e. The number of thiazole rings is 1. The van der Waals surface area contributed by atoms with Crippen molar-refractivity contribution in [1.82, 2.24) is 4.98 Å². The van der Waals surface area contributed by atoms with Crippen LogP contribution in [0.2, 0.25) is 0 Å². The van der Waals surface area contributed by atoms with E-state index >= 15 is 0 Å². The summed E-state index contributed by atoms with van der Waals surface area (Å²) in [5.74, 6) is 0.422. The summed E-state index contributed by atoms with van der Waals surface area (Å²) in [6.07, 6.45) is -0.617. The second kappa shape index (κ2) is 6.91. The molecule has 0 aliphatic heterocycles. The first-order valence-electron chi connectivity index (χ1n) is 7.53. The maximum Gasteiger partial charge on any atom is 0.266 e. The fourth-order valence-electron chi connectivity index (χ4n) is 2.43. The van der Waals surface area contributed by atoms with Crippen molar-refractivity contribution < 1.29 is 9.53 Å². The molecule has 0 bridgehead atoms. The maximum absolute atomic E-state index is 12.3. The zero-order valence-electron chi connectivity index (χ0n) is 13.6. The van der Waals surface area contributed by atoms with E-state index in [0.717, 1.165) is 20.3 Å². The van der Waals surface area contributed by atoms with Crippen LogP contribution < -0.4 is 10.1 Å². The van der Waals surface area contributed by atoms with E-state index < -0.39 is 6.10 Å². The molecule has 1 amide bonds. The van der Waals surface area contributed by atoms with Crippen molar-refractivity contribution in [2.75, 3.05) is 5.32 Å². The molecule has 6 heteroatoms. The molecule has 0 saturated carbocycles. The van der Waals surface area contributed by atoms with Crippen LogP contribution in [0.5, 0.6) is 5.75 Å². The van der Waals surface area contributed by atoms with Crippen LogP contribution in [-0.2, 0) is 4.79 Å². The second-order valence-corrected chi connectivity index (χ2v) is 7.60. The van der Waals surface area contributed by atoms with E-state index in [2.05, 4.69) is 45.3 Å². The number of rotatable bonds is 4. The molecule has 0 fully saturated rings. The molecule has 3 rings (SSSR count). The molecule has 1 atom stereocenters. The van der Waals surface area contributed by atoms with Crippen molar-refractivity contribution in [3.63, 3.8) is 0 Å². The highest BCUT2D eigenvalue weighted by Gasteiger charge is 2.17. The zero-order valence-corrected chi connectivity index (χ0v) is 16.0. The molecule has 124 valence electrons. The first kappa shape index (κ1) is 16.9. The van der Waals surface area contributed by atoms with Gasteiger partial charge in [-0.25, -0.2) is 4.98 Å². The van der Waals surface area contributed by atoms with Gasteiger partial charge in [0, 0.05) is 4.47 Å². The number of nitrogens with one attached hydrogen (secondary N) is 1. The minimum absolute atomic E-state index is 0.219. The highest BCUT2D eigenvalue weighted by molar-refractivity contribution is 9.10. The molecule has 0 aliphatic carbocycles. The molecule has 0 saturated heterocycles. The van der Waals surface area contributed by atoms with E-state index in [0.29, 0.717) is 10.9 Å². The molecule has 1 unspecified atom stereocenters. The Morgan fingerprint density at radius 2 is 2.08 bits per heavy atom. The molecule has 1 heterocycles. The van der Waals surface area contributed by atoms with Crippen molar-refractivity contribution in [1.29, 1.82) is 0 Å². The summed E-state index contributed by atoms with van der Waals surface area (Å²) in [6, 6.07) is 11.6. The van der Waals surface area contributed by atoms with Gasteiger partial charge >= 0.3 is 0 Å². The number of carbonyl (C=O) groups excluding carboxylic acids is 1. The number of fused-ring (bicyclic) bond motifs is 1. The minimum atomic E-state index is -0.617. The third-order valence-corrected chi connectivity index (χ3v) is 4.95. The van der Waals surface area contributed by atoms with Crippen LogP contribution in [0.15, 0.2) is 40.9 Å². The molecule has 1 N–H and O–H groups in total. The Kier molecular flexibility index (Phi) is 4.87. The fourth-order valence-corrected chi connectivity index (χ4v) is 3.85. The summed E-state index contributed by atoms with van der Waals surface area (Å²) in [5.41, 5.74) is 3.23. The molecule has 0 aliphatic rings. The van der Waals surface area contributed by atoms with Gasteiger partial charge in [-0.15, -0.1) is 0 Å². The van der Waals surface area contributed by atoms with Crippen LogP contribution in [0.3, 0.4) is 0 Å². The summed E-state index contributed by atoms with van der Waals surface area (Å²) >= 11 is 4.86. The minimum Gasteiger partial charge on any atom is -0.481 e. The predicted octanol–water partition coefficient (Wildman–Crippen LogP) is 5.08. The largest absolute Gasteiger partial charge is 0.481 e. The van der Waals surface area contributed by atoms with E-state index in [1.54, 1.807) is 6.92 Å². The van der Waals surface area contributed by atoms with E-state index in [-0.39, 0.29) is 5.91 Å². The third-order valence-electron chi connectivity index (χ3n) is 3.54. The maximum atomic E-state index is 12.3. The number of ether oxygens (including phenoxy) is 1. The quantitative estimate of drug-likeness (QED) is 0.659. The Morgan fingerprint density at radius 1 is 1.29 bits per heavy atom. The van der Waals surface area contributed by atoms with E-state index in [1.165, 1.54) is 16.9 Å². The Bertz CT molecular complexity index is 907. The van der Waals surface area contributed by atoms with Crippen LogP contribution in [0.1, 0.15) is 18.1 Å². The lowest BCUT2D eigenvalue weighted by Gasteiger charge is -2.13. The topological polar surface area (TPSA) is 51.2 Å². The van der Waals surface area contributed by atoms with Crippen molar-refractivity contribution in [2.24, 2.45) is 0 Å². The van der Waals surface area contributed by atoms with Gasteiger partial charge in [0.2, 0.25) is 0 Å². The molecular formula is C18H17BrN2O2S. The van der Waals surface area contributed by atoms with Gasteiger partial charge in [-0.1, -0.05) is 39.4 Å². The number of nitrogens with zero attached hydrogens (tertiary/aromatic N) is 1. The molecule has 24 heavy (non-hydrogen) atoms. The highest BCUT2D eigenvalue weighted by atomic mass is 79.9. The van der Waals surface area contributed by atoms with Crippen LogP contribution in [0.25, 0.3) is 10.2 Å². The monoisotopic (exact) mass is 404 g/mol. The Balaban J connectivity index is 1.73. The molecule has 1 aromatic heterocycles. The number of hydrogen-bond acceptors (Lipinski definition) is 4. The van der Waals surface area contributed by atoms with Gasteiger partial charge in [-0.05, 0) is 56.2 Å². The second-order valence-electron chi connectivity index (χ2n) is 5.65. The zero-order chi connectivity index (χ0) is 17.3. The van der Waals surface area contributed by atoms with Crippen LogP contribution >= 0.6 is 27.3 Å². The summed E-state index contributed by atoms with van der Waals surface area (Å²) in [6.45, 7) is 5.80. The van der Waals surface area contributed by atoms with Crippen molar-refractivity contribution in [2.45, 2.75) is 26.9 Å². The number of hydrogen-bond donors (Lipinski definition) is 1. The highest BCUT2D eigenvalue weighted by Crippen LogP contribution is 2.29. The normalized spacial score (nSPS) is 12.2. The van der Waals surface area contributed by atoms with Gasteiger partial charge < -0.3 is 4.74 Å². The Morgan fingerprint density at radius 3 is 2.83 bits per heavy atom. The summed E-state index contributed by atoms with van der Waals surface area (Å²) < 4.78 is 7.66. The van der Waals surface area contributed by atoms with Gasteiger partial charge in [-0.3, -0.25) is 10.1 Å². The average molecular weight is 405 g/mol. The van der Waals surface area contributed by atoms with Crippen molar-refractivity contribution in [3.8, 4) is 5.75 Å². The number of aryl methyl sites for hydroxylation is 2. The first-order valence-corrected chi connectivity index (χ1v) is 9.14. The molecule has 3 aromatic rings. The molecule has 0 radical (unpaired) electrons. The number of benzene rings is 2. The van der Waals surface area contributed by atoms with Gasteiger partial charge in [-0.2, -0.15) is 0 Å². The van der Waals surface area contributed by atoms with Crippen molar-refractivity contribution >= 4 is 48.5 Å². The molecule has 4 nitrogen and oxygen atoms in total. The lowest BCUT2D eigenvalue weighted by atomic mass is 10.1. The SMILES string of the molecule is Cc1cc(C)c2nc(NC(=O)C(C)Oc3cccc(Br)c3)sc2c1. The Labute approximate surface area is 153 Å². The number of amides is 1. The average Bonchev–Trinajstić information content (AvgIpc) is 2.89. The molecule has 2 aromatic carbocycles. The number of anilines is 1. The van der Waals surface area contributed by atoms with E-state index in [4.69, 9.17) is 4.74 Å². The van der Waals surface area contributed by atoms with Crippen LogP contribution in [0, 0.1) is 13.8 Å². The summed E-state index contributed by atoms with van der Waals surface area (Å²) in [4.78, 5) is 16.9. The van der Waals surface area contributed by atoms with Crippen LogP contribution in [-0.4, -0.2) is 17.0 Å². The first-order chi connectivity index (χ1) is 11.4. The Hall–Kier alpha value is -1.92. The van der Waals surface area contributed by atoms with Gasteiger partial charge in [0.15, 0.2) is 11.2 Å². The van der Waals surface area contributed by atoms with Crippen LogP contribution in [0.4, 0.5) is 5.13 Å². The van der Waals surface area contributed by atoms with E-state index in [9.17, 15) is 4.79 Å². The number of carbonyl (C=O) groups is 1. The van der Waals surface area contributed by atoms with E-state index in [1.807, 2.05) is 31.2 Å². The molecule has 0 spiro atoms. The van der Waals surface area contributed by atoms with Crippen molar-refractivity contribution in [3.05, 3.63) is 52.0 Å². The third kappa shape index (κ3) is 3.76. The summed E-state index contributed by atoms with van der Waals surface area (Å²) in [5, 5.41) is 3.44. The number of halogens is 1. The van der Waals surface area contributed by atoms with Gasteiger partial charge in [0.25, 0.3) is 5.91 Å². The standard InChI is InChI=1S/C18H17BrN2O2S/c1-10-7-11(2)16-15(8-10)24-18(20-16)21-17(22)12(3)23-14-6-4-5-13(19)9-14/h4-9,12H,1-3H3,(H,20,21,22). The molecular weight excluding hydrogens is 388 g/mol. The summed E-state index contributed by atoms with van der Waals surface area (Å²) in [7, 11) is 0. The number of aromatic nitrogens is 1.